The standard InChI is InChI=1S/C8H5Cl2FO2/c9-5-3-7(11)6(10)1-4(5)2-8(12)13/h1,3H,2H2,(H,12,13). The Morgan fingerprint density at radius 2 is 2.00 bits per heavy atom. The summed E-state index contributed by atoms with van der Waals surface area (Å²) in [6.45, 7) is 0. The van der Waals surface area contributed by atoms with E-state index in [1.807, 2.05) is 0 Å². The Kier molecular flexibility index (Phi) is 3.12. The molecule has 0 amide bonds. The van der Waals surface area contributed by atoms with Gasteiger partial charge in [-0.2, -0.15) is 0 Å². The van der Waals surface area contributed by atoms with Crippen LogP contribution in [0.5, 0.6) is 0 Å². The molecule has 2 nitrogen and oxygen atoms in total. The summed E-state index contributed by atoms with van der Waals surface area (Å²) in [7, 11) is 0. The summed E-state index contributed by atoms with van der Waals surface area (Å²) < 4.78 is 12.7. The Bertz CT molecular complexity index is 352. The summed E-state index contributed by atoms with van der Waals surface area (Å²) in [6.07, 6.45) is -0.265. The second-order valence-electron chi connectivity index (χ2n) is 2.43. The van der Waals surface area contributed by atoms with Crippen molar-refractivity contribution in [3.05, 3.63) is 33.6 Å². The zero-order valence-electron chi connectivity index (χ0n) is 6.35. The lowest BCUT2D eigenvalue weighted by Crippen LogP contribution is -2.01. The van der Waals surface area contributed by atoms with Gasteiger partial charge in [0.1, 0.15) is 5.82 Å². The van der Waals surface area contributed by atoms with Gasteiger partial charge in [0.25, 0.3) is 0 Å². The lowest BCUT2D eigenvalue weighted by Gasteiger charge is -2.02. The predicted octanol–water partition coefficient (Wildman–Crippen LogP) is 2.76. The maximum atomic E-state index is 12.7. The first kappa shape index (κ1) is 10.3. The summed E-state index contributed by atoms with van der Waals surface area (Å²) in [6, 6.07) is 2.22. The van der Waals surface area contributed by atoms with Crippen molar-refractivity contribution in [3.8, 4) is 0 Å². The van der Waals surface area contributed by atoms with Gasteiger partial charge in [0.15, 0.2) is 0 Å². The van der Waals surface area contributed by atoms with Crippen LogP contribution in [-0.2, 0) is 11.2 Å². The molecule has 1 aromatic carbocycles. The van der Waals surface area contributed by atoms with E-state index in [0.29, 0.717) is 5.56 Å². The summed E-state index contributed by atoms with van der Waals surface area (Å²) in [5.41, 5.74) is 0.306. The van der Waals surface area contributed by atoms with Crippen LogP contribution in [0.25, 0.3) is 0 Å². The second-order valence-corrected chi connectivity index (χ2v) is 3.24. The van der Waals surface area contributed by atoms with Crippen LogP contribution in [-0.4, -0.2) is 11.1 Å². The molecule has 0 aliphatic heterocycles. The van der Waals surface area contributed by atoms with Gasteiger partial charge in [0.05, 0.1) is 11.4 Å². The third kappa shape index (κ3) is 2.57. The lowest BCUT2D eigenvalue weighted by atomic mass is 10.1. The van der Waals surface area contributed by atoms with Crippen molar-refractivity contribution in [2.45, 2.75) is 6.42 Å². The molecule has 0 aromatic heterocycles. The fourth-order valence-electron chi connectivity index (χ4n) is 0.862. The molecular formula is C8H5Cl2FO2. The van der Waals surface area contributed by atoms with E-state index in [2.05, 4.69) is 0 Å². The van der Waals surface area contributed by atoms with E-state index in [1.165, 1.54) is 6.07 Å². The number of halogens is 3. The van der Waals surface area contributed by atoms with Crippen LogP contribution in [0.1, 0.15) is 5.56 Å². The van der Waals surface area contributed by atoms with Gasteiger partial charge < -0.3 is 5.11 Å². The van der Waals surface area contributed by atoms with E-state index >= 15 is 0 Å². The maximum absolute atomic E-state index is 12.7. The topological polar surface area (TPSA) is 37.3 Å². The zero-order chi connectivity index (χ0) is 10.0. The van der Waals surface area contributed by atoms with Crippen LogP contribution in [0.2, 0.25) is 10.0 Å². The van der Waals surface area contributed by atoms with Gasteiger partial charge in [-0.15, -0.1) is 0 Å². The van der Waals surface area contributed by atoms with E-state index in [-0.39, 0.29) is 16.5 Å². The molecule has 5 heteroatoms. The summed E-state index contributed by atoms with van der Waals surface area (Å²) >= 11 is 11.0. The highest BCUT2D eigenvalue weighted by molar-refractivity contribution is 6.33. The monoisotopic (exact) mass is 222 g/mol. The zero-order valence-corrected chi connectivity index (χ0v) is 7.86. The lowest BCUT2D eigenvalue weighted by molar-refractivity contribution is -0.136. The number of benzene rings is 1. The smallest absolute Gasteiger partial charge is 0.307 e. The number of hydrogen-bond acceptors (Lipinski definition) is 1. The molecule has 0 unspecified atom stereocenters. The summed E-state index contributed by atoms with van der Waals surface area (Å²) in [4.78, 5) is 10.3. The molecule has 1 rings (SSSR count). The van der Waals surface area contributed by atoms with Crippen LogP contribution >= 0.6 is 23.2 Å². The SMILES string of the molecule is O=C(O)Cc1cc(Cl)c(F)cc1Cl. The minimum Gasteiger partial charge on any atom is -0.481 e. The van der Waals surface area contributed by atoms with Gasteiger partial charge in [-0.05, 0) is 17.7 Å². The largest absolute Gasteiger partial charge is 0.481 e. The van der Waals surface area contributed by atoms with Gasteiger partial charge in [-0.1, -0.05) is 23.2 Å². The van der Waals surface area contributed by atoms with E-state index in [1.54, 1.807) is 0 Å². The normalized spacial score (nSPS) is 10.1. The van der Waals surface area contributed by atoms with E-state index < -0.39 is 11.8 Å². The van der Waals surface area contributed by atoms with Gasteiger partial charge in [-0.3, -0.25) is 4.79 Å². The van der Waals surface area contributed by atoms with Crippen LogP contribution in [0.3, 0.4) is 0 Å². The minimum absolute atomic E-state index is 0.0734. The molecule has 0 saturated heterocycles. The predicted molar refractivity (Wildman–Crippen MR) is 47.8 cm³/mol. The van der Waals surface area contributed by atoms with Crippen molar-refractivity contribution in [1.29, 1.82) is 0 Å². The average molecular weight is 223 g/mol. The average Bonchev–Trinajstić information content (AvgIpc) is 1.99. The molecule has 0 bridgehead atoms. The Labute approximate surface area is 83.9 Å². The van der Waals surface area contributed by atoms with E-state index in [0.717, 1.165) is 6.07 Å². The number of carbonyl (C=O) groups is 1. The molecular weight excluding hydrogens is 218 g/mol. The molecule has 0 fully saturated rings. The third-order valence-electron chi connectivity index (χ3n) is 1.43. The Morgan fingerprint density at radius 3 is 2.54 bits per heavy atom. The highest BCUT2D eigenvalue weighted by Gasteiger charge is 2.09. The van der Waals surface area contributed by atoms with Gasteiger partial charge in [-0.25, -0.2) is 4.39 Å². The fraction of sp³-hybridized carbons (Fsp3) is 0.125. The number of hydrogen-bond donors (Lipinski definition) is 1. The quantitative estimate of drug-likeness (QED) is 0.782. The first-order valence-corrected chi connectivity index (χ1v) is 4.11. The Hall–Kier alpha value is -0.800. The van der Waals surface area contributed by atoms with Crippen molar-refractivity contribution in [3.63, 3.8) is 0 Å². The molecule has 13 heavy (non-hydrogen) atoms. The van der Waals surface area contributed by atoms with Crippen molar-refractivity contribution in [2.75, 3.05) is 0 Å². The van der Waals surface area contributed by atoms with Crippen molar-refractivity contribution in [2.24, 2.45) is 0 Å². The number of carboxylic acid groups (broad SMARTS) is 1. The maximum Gasteiger partial charge on any atom is 0.307 e. The van der Waals surface area contributed by atoms with Crippen molar-refractivity contribution >= 4 is 29.2 Å². The molecule has 1 N–H and O–H groups in total. The Morgan fingerprint density at radius 1 is 1.38 bits per heavy atom. The van der Waals surface area contributed by atoms with Crippen molar-refractivity contribution < 1.29 is 14.3 Å². The summed E-state index contributed by atoms with van der Waals surface area (Å²) in [5, 5.41) is 8.41. The molecule has 0 heterocycles. The first-order valence-electron chi connectivity index (χ1n) is 3.36. The van der Waals surface area contributed by atoms with Crippen LogP contribution in [0, 0.1) is 5.82 Å². The highest BCUT2D eigenvalue weighted by atomic mass is 35.5. The molecule has 0 aliphatic carbocycles. The number of carboxylic acids is 1. The van der Waals surface area contributed by atoms with Gasteiger partial charge in [0.2, 0.25) is 0 Å². The fourth-order valence-corrected chi connectivity index (χ4v) is 1.27. The van der Waals surface area contributed by atoms with Crippen molar-refractivity contribution in [1.82, 2.24) is 0 Å². The molecule has 1 aromatic rings. The number of rotatable bonds is 2. The van der Waals surface area contributed by atoms with Crippen LogP contribution in [0.15, 0.2) is 12.1 Å². The molecule has 0 spiro atoms. The molecule has 0 saturated carbocycles. The highest BCUT2D eigenvalue weighted by Crippen LogP contribution is 2.24. The van der Waals surface area contributed by atoms with Crippen LogP contribution in [0.4, 0.5) is 4.39 Å². The Balaban J connectivity index is 3.08. The van der Waals surface area contributed by atoms with Gasteiger partial charge in [0, 0.05) is 5.02 Å². The first-order chi connectivity index (χ1) is 6.00. The van der Waals surface area contributed by atoms with Gasteiger partial charge >= 0.3 is 5.97 Å². The van der Waals surface area contributed by atoms with E-state index in [9.17, 15) is 9.18 Å². The van der Waals surface area contributed by atoms with Crippen LogP contribution < -0.4 is 0 Å². The second kappa shape index (κ2) is 3.94. The molecule has 0 atom stereocenters. The third-order valence-corrected chi connectivity index (χ3v) is 2.07. The molecule has 0 radical (unpaired) electrons. The molecule has 0 aliphatic rings. The molecule has 70 valence electrons. The minimum atomic E-state index is -1.04. The van der Waals surface area contributed by atoms with E-state index in [4.69, 9.17) is 28.3 Å². The summed E-state index contributed by atoms with van der Waals surface area (Å²) in [5.74, 6) is -1.69. The number of aliphatic carboxylic acids is 1.